The SMILES string of the molecule is COC1CNCC1Nc1cc(N2CCS(=O)(=O)c3ccccc3C2)nc2ccc(C)cc12. The van der Waals surface area contributed by atoms with E-state index in [1.807, 2.05) is 24.3 Å². The Morgan fingerprint density at radius 2 is 2.00 bits per heavy atom. The summed E-state index contributed by atoms with van der Waals surface area (Å²) in [6.07, 6.45) is 0.0849. The van der Waals surface area contributed by atoms with Crippen molar-refractivity contribution in [1.29, 1.82) is 0 Å². The Balaban J connectivity index is 1.57. The van der Waals surface area contributed by atoms with Crippen LogP contribution in [0.3, 0.4) is 0 Å². The van der Waals surface area contributed by atoms with Crippen molar-refractivity contribution in [3.05, 3.63) is 59.7 Å². The number of hydrogen-bond donors (Lipinski definition) is 2. The lowest BCUT2D eigenvalue weighted by molar-refractivity contribution is 0.112. The van der Waals surface area contributed by atoms with E-state index in [-0.39, 0.29) is 17.9 Å². The van der Waals surface area contributed by atoms with Crippen molar-refractivity contribution in [2.75, 3.05) is 42.7 Å². The summed E-state index contributed by atoms with van der Waals surface area (Å²) in [5.41, 5.74) is 3.85. The molecule has 0 radical (unpaired) electrons. The van der Waals surface area contributed by atoms with E-state index in [2.05, 4.69) is 34.6 Å². The summed E-state index contributed by atoms with van der Waals surface area (Å²) in [4.78, 5) is 7.41. The highest BCUT2D eigenvalue weighted by Gasteiger charge is 2.29. The summed E-state index contributed by atoms with van der Waals surface area (Å²) in [7, 11) is -1.58. The molecule has 2 N–H and O–H groups in total. The Kier molecular flexibility index (Phi) is 5.53. The van der Waals surface area contributed by atoms with Gasteiger partial charge in [0.2, 0.25) is 0 Å². The Morgan fingerprint density at radius 1 is 1.16 bits per heavy atom. The fourth-order valence-corrected chi connectivity index (χ4v) is 6.11. The van der Waals surface area contributed by atoms with Crippen LogP contribution < -0.4 is 15.5 Å². The van der Waals surface area contributed by atoms with Crippen LogP contribution in [-0.2, 0) is 21.1 Å². The average Bonchev–Trinajstić information content (AvgIpc) is 3.18. The third-order valence-electron chi connectivity index (χ3n) is 6.38. The van der Waals surface area contributed by atoms with Crippen molar-refractivity contribution in [3.8, 4) is 0 Å². The summed E-state index contributed by atoms with van der Waals surface area (Å²) in [5.74, 6) is 0.842. The molecular weight excluding hydrogens is 424 g/mol. The number of pyridine rings is 1. The van der Waals surface area contributed by atoms with Gasteiger partial charge in [0.25, 0.3) is 0 Å². The zero-order valence-corrected chi connectivity index (χ0v) is 19.2. The first kappa shape index (κ1) is 21.2. The first-order valence-corrected chi connectivity index (χ1v) is 12.6. The molecule has 0 spiro atoms. The molecule has 0 amide bonds. The van der Waals surface area contributed by atoms with Gasteiger partial charge in [0, 0.05) is 50.4 Å². The number of nitrogens with zero attached hydrogens (tertiary/aromatic N) is 2. The summed E-state index contributed by atoms with van der Waals surface area (Å²) in [5, 5.41) is 8.10. The molecule has 2 aliphatic heterocycles. The van der Waals surface area contributed by atoms with Gasteiger partial charge in [-0.05, 0) is 30.7 Å². The molecule has 3 heterocycles. The Labute approximate surface area is 188 Å². The lowest BCUT2D eigenvalue weighted by Crippen LogP contribution is -2.34. The normalized spacial score (nSPS) is 22.5. The van der Waals surface area contributed by atoms with Crippen LogP contribution in [0.4, 0.5) is 11.5 Å². The largest absolute Gasteiger partial charge is 0.378 e. The lowest BCUT2D eigenvalue weighted by atomic mass is 10.1. The fourth-order valence-electron chi connectivity index (χ4n) is 4.61. The van der Waals surface area contributed by atoms with Crippen molar-refractivity contribution >= 4 is 32.2 Å². The molecule has 168 valence electrons. The predicted molar refractivity (Wildman–Crippen MR) is 127 cm³/mol. The second-order valence-corrected chi connectivity index (χ2v) is 10.7. The Morgan fingerprint density at radius 3 is 2.84 bits per heavy atom. The third-order valence-corrected chi connectivity index (χ3v) is 8.16. The second-order valence-electron chi connectivity index (χ2n) is 8.58. The van der Waals surface area contributed by atoms with Gasteiger partial charge < -0.3 is 20.3 Å². The standard InChI is InChI=1S/C24H28N4O3S/c1-16-7-8-19-18(11-16)20(26-21-13-25-14-22(21)31-2)12-24(27-19)28-9-10-32(29,30)23-6-4-3-5-17(23)15-28/h3-8,11-12,21-22,25H,9-10,13-15H2,1-2H3,(H,26,27). The van der Waals surface area contributed by atoms with E-state index in [0.717, 1.165) is 46.6 Å². The number of fused-ring (bicyclic) bond motifs is 2. The van der Waals surface area contributed by atoms with Crippen LogP contribution in [0.1, 0.15) is 11.1 Å². The molecule has 2 atom stereocenters. The minimum absolute atomic E-state index is 0.0681. The third kappa shape index (κ3) is 3.94. The number of ether oxygens (including phenoxy) is 1. The number of aryl methyl sites for hydroxylation is 1. The number of aromatic nitrogens is 1. The molecule has 8 heteroatoms. The number of anilines is 2. The van der Waals surface area contributed by atoms with Gasteiger partial charge in [-0.1, -0.05) is 29.8 Å². The van der Waals surface area contributed by atoms with Crippen molar-refractivity contribution < 1.29 is 13.2 Å². The van der Waals surface area contributed by atoms with Gasteiger partial charge in [-0.25, -0.2) is 13.4 Å². The average molecular weight is 453 g/mol. The molecule has 0 bridgehead atoms. The topological polar surface area (TPSA) is 83.6 Å². The zero-order chi connectivity index (χ0) is 22.3. The highest BCUT2D eigenvalue weighted by molar-refractivity contribution is 7.91. The molecular formula is C24H28N4O3S. The number of hydrogen-bond acceptors (Lipinski definition) is 7. The van der Waals surface area contributed by atoms with Gasteiger partial charge >= 0.3 is 0 Å². The van der Waals surface area contributed by atoms with E-state index in [1.54, 1.807) is 19.2 Å². The number of methoxy groups -OCH3 is 1. The van der Waals surface area contributed by atoms with Crippen molar-refractivity contribution in [2.24, 2.45) is 0 Å². The zero-order valence-electron chi connectivity index (χ0n) is 18.3. The van der Waals surface area contributed by atoms with E-state index in [0.29, 0.717) is 18.0 Å². The van der Waals surface area contributed by atoms with Gasteiger partial charge in [0.1, 0.15) is 5.82 Å². The highest BCUT2D eigenvalue weighted by Crippen LogP contribution is 2.32. The fraction of sp³-hybridized carbons (Fsp3) is 0.375. The van der Waals surface area contributed by atoms with E-state index in [1.165, 1.54) is 0 Å². The van der Waals surface area contributed by atoms with Crippen LogP contribution >= 0.6 is 0 Å². The monoisotopic (exact) mass is 452 g/mol. The molecule has 1 aromatic heterocycles. The van der Waals surface area contributed by atoms with Crippen LogP contribution in [0.15, 0.2) is 53.4 Å². The highest BCUT2D eigenvalue weighted by atomic mass is 32.2. The van der Waals surface area contributed by atoms with Gasteiger partial charge in [0.05, 0.1) is 28.3 Å². The minimum Gasteiger partial charge on any atom is -0.378 e. The van der Waals surface area contributed by atoms with E-state index >= 15 is 0 Å². The number of nitrogens with one attached hydrogen (secondary N) is 2. The van der Waals surface area contributed by atoms with Crippen LogP contribution in [0.5, 0.6) is 0 Å². The summed E-state index contributed by atoms with van der Waals surface area (Å²) in [6.45, 7) is 4.60. The van der Waals surface area contributed by atoms with Crippen LogP contribution in [0.25, 0.3) is 10.9 Å². The minimum atomic E-state index is -3.32. The van der Waals surface area contributed by atoms with E-state index in [9.17, 15) is 8.42 Å². The quantitative estimate of drug-likeness (QED) is 0.630. The second kappa shape index (κ2) is 8.35. The summed E-state index contributed by atoms with van der Waals surface area (Å²) < 4.78 is 31.3. The van der Waals surface area contributed by atoms with E-state index in [4.69, 9.17) is 9.72 Å². The molecule has 0 aliphatic carbocycles. The van der Waals surface area contributed by atoms with Crippen molar-refractivity contribution in [2.45, 2.75) is 30.5 Å². The Hall–Kier alpha value is -2.68. The van der Waals surface area contributed by atoms with Crippen LogP contribution in [0, 0.1) is 6.92 Å². The molecule has 2 unspecified atom stereocenters. The maximum Gasteiger partial charge on any atom is 0.180 e. The number of benzene rings is 2. The van der Waals surface area contributed by atoms with E-state index < -0.39 is 9.84 Å². The predicted octanol–water partition coefficient (Wildman–Crippen LogP) is 2.74. The lowest BCUT2D eigenvalue weighted by Gasteiger charge is -2.25. The van der Waals surface area contributed by atoms with Gasteiger partial charge in [0.15, 0.2) is 9.84 Å². The first-order chi connectivity index (χ1) is 15.4. The molecule has 1 saturated heterocycles. The van der Waals surface area contributed by atoms with Crippen molar-refractivity contribution in [3.63, 3.8) is 0 Å². The molecule has 2 aliphatic rings. The van der Waals surface area contributed by atoms with Gasteiger partial charge in [-0.3, -0.25) is 0 Å². The van der Waals surface area contributed by atoms with Crippen LogP contribution in [0.2, 0.25) is 0 Å². The number of rotatable bonds is 4. The maximum absolute atomic E-state index is 12.8. The van der Waals surface area contributed by atoms with Gasteiger partial charge in [-0.15, -0.1) is 0 Å². The molecule has 3 aromatic rings. The van der Waals surface area contributed by atoms with Gasteiger partial charge in [-0.2, -0.15) is 0 Å². The smallest absolute Gasteiger partial charge is 0.180 e. The summed E-state index contributed by atoms with van der Waals surface area (Å²) >= 11 is 0. The molecule has 2 aromatic carbocycles. The Bertz CT molecular complexity index is 1260. The first-order valence-electron chi connectivity index (χ1n) is 10.9. The summed E-state index contributed by atoms with van der Waals surface area (Å²) in [6, 6.07) is 15.7. The molecule has 32 heavy (non-hydrogen) atoms. The van der Waals surface area contributed by atoms with Crippen LogP contribution in [-0.4, -0.2) is 58.0 Å². The van der Waals surface area contributed by atoms with Crippen molar-refractivity contribution in [1.82, 2.24) is 10.3 Å². The molecule has 0 saturated carbocycles. The molecule has 5 rings (SSSR count). The molecule has 1 fully saturated rings. The maximum atomic E-state index is 12.8. The molecule has 7 nitrogen and oxygen atoms in total. The number of sulfone groups is 1.